The number of carbonyl (C=O) groups is 1. The maximum absolute atomic E-state index is 12.7. The van der Waals surface area contributed by atoms with Gasteiger partial charge in [0.05, 0.1) is 18.5 Å². The SMILES string of the molecule is CCc1c(C(=O)Nc2ccc(OC)c(C)c2)nnn1-c1cccc(Cl)c1. The summed E-state index contributed by atoms with van der Waals surface area (Å²) in [6, 6.07) is 12.7. The van der Waals surface area contributed by atoms with Gasteiger partial charge in [0.1, 0.15) is 5.75 Å². The highest BCUT2D eigenvalue weighted by atomic mass is 35.5. The number of nitrogens with zero attached hydrogens (tertiary/aromatic N) is 3. The van der Waals surface area contributed by atoms with Crippen molar-refractivity contribution >= 4 is 23.2 Å². The summed E-state index contributed by atoms with van der Waals surface area (Å²) in [6.07, 6.45) is 0.601. The Hall–Kier alpha value is -2.86. The van der Waals surface area contributed by atoms with E-state index >= 15 is 0 Å². The lowest BCUT2D eigenvalue weighted by atomic mass is 10.2. The highest BCUT2D eigenvalue weighted by Gasteiger charge is 2.19. The second-order valence-corrected chi connectivity index (χ2v) is 6.20. The van der Waals surface area contributed by atoms with E-state index in [9.17, 15) is 4.79 Å². The average molecular weight is 371 g/mol. The molecule has 0 aliphatic rings. The quantitative estimate of drug-likeness (QED) is 0.735. The minimum Gasteiger partial charge on any atom is -0.496 e. The van der Waals surface area contributed by atoms with Crippen molar-refractivity contribution in [1.82, 2.24) is 15.0 Å². The first-order chi connectivity index (χ1) is 12.5. The molecule has 0 unspecified atom stereocenters. The summed E-state index contributed by atoms with van der Waals surface area (Å²) < 4.78 is 6.88. The van der Waals surface area contributed by atoms with Crippen LogP contribution in [0.25, 0.3) is 5.69 Å². The van der Waals surface area contributed by atoms with Gasteiger partial charge in [-0.15, -0.1) is 5.10 Å². The van der Waals surface area contributed by atoms with Gasteiger partial charge < -0.3 is 10.1 Å². The molecule has 6 nitrogen and oxygen atoms in total. The summed E-state index contributed by atoms with van der Waals surface area (Å²) in [5.41, 5.74) is 3.38. The number of anilines is 1. The number of benzene rings is 2. The molecule has 1 amide bonds. The third-order valence-corrected chi connectivity index (χ3v) is 4.25. The molecule has 1 N–H and O–H groups in total. The standard InChI is InChI=1S/C19H19ClN4O2/c1-4-16-18(22-23-24(16)15-7-5-6-13(20)11-15)19(25)21-14-8-9-17(26-3)12(2)10-14/h5-11H,4H2,1-3H3,(H,21,25). The zero-order valence-corrected chi connectivity index (χ0v) is 15.5. The fourth-order valence-electron chi connectivity index (χ4n) is 2.76. The van der Waals surface area contributed by atoms with Gasteiger partial charge in [-0.05, 0) is 55.3 Å². The zero-order chi connectivity index (χ0) is 18.7. The molecular formula is C19H19ClN4O2. The Kier molecular flexibility index (Phi) is 5.23. The van der Waals surface area contributed by atoms with E-state index < -0.39 is 0 Å². The third-order valence-electron chi connectivity index (χ3n) is 4.02. The van der Waals surface area contributed by atoms with Gasteiger partial charge in [0.15, 0.2) is 5.69 Å². The predicted molar refractivity (Wildman–Crippen MR) is 101 cm³/mol. The smallest absolute Gasteiger partial charge is 0.278 e. The lowest BCUT2D eigenvalue weighted by molar-refractivity contribution is 0.102. The van der Waals surface area contributed by atoms with Crippen molar-refractivity contribution in [3.8, 4) is 11.4 Å². The number of carbonyl (C=O) groups excluding carboxylic acids is 1. The fourth-order valence-corrected chi connectivity index (χ4v) is 2.94. The molecule has 0 bridgehead atoms. The molecule has 1 aromatic heterocycles. The van der Waals surface area contributed by atoms with E-state index in [0.29, 0.717) is 22.8 Å². The molecule has 7 heteroatoms. The van der Waals surface area contributed by atoms with Crippen molar-refractivity contribution in [1.29, 1.82) is 0 Å². The first kappa shape index (κ1) is 17.9. The van der Waals surface area contributed by atoms with Gasteiger partial charge >= 0.3 is 0 Å². The third kappa shape index (κ3) is 3.55. The van der Waals surface area contributed by atoms with Gasteiger partial charge in [0.2, 0.25) is 0 Å². The van der Waals surface area contributed by atoms with E-state index in [0.717, 1.165) is 22.7 Å². The topological polar surface area (TPSA) is 69.0 Å². The summed E-state index contributed by atoms with van der Waals surface area (Å²) in [6.45, 7) is 3.87. The van der Waals surface area contributed by atoms with Crippen LogP contribution in [0.2, 0.25) is 5.02 Å². The Morgan fingerprint density at radius 2 is 2.08 bits per heavy atom. The molecule has 0 atom stereocenters. The van der Waals surface area contributed by atoms with E-state index in [4.69, 9.17) is 16.3 Å². The molecule has 0 spiro atoms. The number of hydrogen-bond acceptors (Lipinski definition) is 4. The van der Waals surface area contributed by atoms with E-state index in [2.05, 4.69) is 15.6 Å². The molecule has 3 rings (SSSR count). The number of aromatic nitrogens is 3. The Labute approximate surface area is 156 Å². The zero-order valence-electron chi connectivity index (χ0n) is 14.8. The summed E-state index contributed by atoms with van der Waals surface area (Å²) in [4.78, 5) is 12.7. The Balaban J connectivity index is 1.89. The van der Waals surface area contributed by atoms with Crippen LogP contribution in [-0.2, 0) is 6.42 Å². The van der Waals surface area contributed by atoms with Gasteiger partial charge in [0.25, 0.3) is 5.91 Å². The molecule has 2 aromatic carbocycles. The highest BCUT2D eigenvalue weighted by Crippen LogP contribution is 2.23. The fraction of sp³-hybridized carbons (Fsp3) is 0.211. The van der Waals surface area contributed by atoms with Crippen LogP contribution in [0.5, 0.6) is 5.75 Å². The molecule has 0 aliphatic heterocycles. The summed E-state index contributed by atoms with van der Waals surface area (Å²) in [5.74, 6) is 0.462. The van der Waals surface area contributed by atoms with Crippen LogP contribution >= 0.6 is 11.6 Å². The van der Waals surface area contributed by atoms with Crippen LogP contribution in [0.4, 0.5) is 5.69 Å². The van der Waals surface area contributed by atoms with E-state index in [1.54, 1.807) is 30.0 Å². The van der Waals surface area contributed by atoms with Gasteiger partial charge in [-0.2, -0.15) is 0 Å². The van der Waals surface area contributed by atoms with Crippen LogP contribution in [0.1, 0.15) is 28.7 Å². The van der Waals surface area contributed by atoms with Crippen LogP contribution in [0.3, 0.4) is 0 Å². The Morgan fingerprint density at radius 1 is 1.27 bits per heavy atom. The Bertz CT molecular complexity index is 952. The number of halogens is 1. The van der Waals surface area contributed by atoms with Crippen molar-refractivity contribution < 1.29 is 9.53 Å². The van der Waals surface area contributed by atoms with Crippen LogP contribution in [-0.4, -0.2) is 28.0 Å². The number of aryl methyl sites for hydroxylation is 1. The van der Waals surface area contributed by atoms with Crippen molar-refractivity contribution in [3.05, 3.63) is 64.4 Å². The number of rotatable bonds is 5. The van der Waals surface area contributed by atoms with Gasteiger partial charge in [-0.3, -0.25) is 4.79 Å². The molecule has 26 heavy (non-hydrogen) atoms. The minimum atomic E-state index is -0.306. The molecule has 0 saturated heterocycles. The molecular weight excluding hydrogens is 352 g/mol. The van der Waals surface area contributed by atoms with Gasteiger partial charge in [0, 0.05) is 10.7 Å². The van der Waals surface area contributed by atoms with Gasteiger partial charge in [-0.25, -0.2) is 4.68 Å². The van der Waals surface area contributed by atoms with E-state index in [-0.39, 0.29) is 5.91 Å². The van der Waals surface area contributed by atoms with E-state index in [1.165, 1.54) is 0 Å². The summed E-state index contributed by atoms with van der Waals surface area (Å²) >= 11 is 6.06. The molecule has 0 radical (unpaired) electrons. The van der Waals surface area contributed by atoms with E-state index in [1.807, 2.05) is 38.1 Å². The number of ether oxygens (including phenoxy) is 1. The van der Waals surface area contributed by atoms with Crippen molar-refractivity contribution in [3.63, 3.8) is 0 Å². The molecule has 0 fully saturated rings. The molecule has 1 heterocycles. The second-order valence-electron chi connectivity index (χ2n) is 5.77. The molecule has 0 saturated carbocycles. The summed E-state index contributed by atoms with van der Waals surface area (Å²) in [7, 11) is 1.61. The van der Waals surface area contributed by atoms with Crippen LogP contribution in [0, 0.1) is 6.92 Å². The van der Waals surface area contributed by atoms with Crippen LogP contribution in [0.15, 0.2) is 42.5 Å². The largest absolute Gasteiger partial charge is 0.496 e. The predicted octanol–water partition coefficient (Wildman–Crippen LogP) is 4.05. The number of amides is 1. The maximum atomic E-state index is 12.7. The summed E-state index contributed by atoms with van der Waals surface area (Å²) in [5, 5.41) is 11.7. The number of hydrogen-bond donors (Lipinski definition) is 1. The average Bonchev–Trinajstić information content (AvgIpc) is 3.06. The van der Waals surface area contributed by atoms with Crippen molar-refractivity contribution in [2.75, 3.05) is 12.4 Å². The second kappa shape index (κ2) is 7.58. The normalized spacial score (nSPS) is 10.6. The first-order valence-electron chi connectivity index (χ1n) is 8.20. The molecule has 0 aliphatic carbocycles. The van der Waals surface area contributed by atoms with Crippen LogP contribution < -0.4 is 10.1 Å². The lowest BCUT2D eigenvalue weighted by Gasteiger charge is -2.09. The minimum absolute atomic E-state index is 0.293. The highest BCUT2D eigenvalue weighted by molar-refractivity contribution is 6.30. The Morgan fingerprint density at radius 3 is 2.73 bits per heavy atom. The molecule has 3 aromatic rings. The first-order valence-corrected chi connectivity index (χ1v) is 8.57. The maximum Gasteiger partial charge on any atom is 0.278 e. The lowest BCUT2D eigenvalue weighted by Crippen LogP contribution is -2.15. The monoisotopic (exact) mass is 370 g/mol. The van der Waals surface area contributed by atoms with Crippen molar-refractivity contribution in [2.24, 2.45) is 0 Å². The van der Waals surface area contributed by atoms with Crippen molar-refractivity contribution in [2.45, 2.75) is 20.3 Å². The molecule has 134 valence electrons. The number of methoxy groups -OCH3 is 1. The van der Waals surface area contributed by atoms with Gasteiger partial charge in [-0.1, -0.05) is 29.8 Å². The number of nitrogens with one attached hydrogen (secondary N) is 1.